The molecule has 2 aliphatic heterocycles. The van der Waals surface area contributed by atoms with Crippen molar-refractivity contribution in [3.05, 3.63) is 6.33 Å². The first-order valence-electron chi connectivity index (χ1n) is 7.43. The zero-order valence-corrected chi connectivity index (χ0v) is 15.4. The number of ether oxygens (including phenoxy) is 1. The van der Waals surface area contributed by atoms with Gasteiger partial charge in [0.2, 0.25) is 5.88 Å². The van der Waals surface area contributed by atoms with E-state index in [1.165, 1.54) is 0 Å². The van der Waals surface area contributed by atoms with Gasteiger partial charge in [-0.15, -0.1) is 0 Å². The summed E-state index contributed by atoms with van der Waals surface area (Å²) in [6, 6.07) is 0. The van der Waals surface area contributed by atoms with Gasteiger partial charge in [-0.1, -0.05) is 0 Å². The van der Waals surface area contributed by atoms with E-state index in [0.29, 0.717) is 5.06 Å². The van der Waals surface area contributed by atoms with Gasteiger partial charge in [0.25, 0.3) is 0 Å². The van der Waals surface area contributed by atoms with E-state index < -0.39 is 65.0 Å². The Labute approximate surface area is 156 Å². The standard InChI is InChI=1S/C10H16N4O12P2/c15-1-4-6(16)7(17)10(24-4)13-3-14(5-8(13)11-2-12-9(5)18)25-28(22,23)26-27(19,20)21/h2,4,6-7,10,15-17H,1,3H2,(H,22,23)(H,11,12,18)(H2,19,20,21)/t4-,6-,7-,10-/m1/s1. The van der Waals surface area contributed by atoms with Crippen LogP contribution in [0.3, 0.4) is 0 Å². The van der Waals surface area contributed by atoms with Crippen molar-refractivity contribution in [1.82, 2.24) is 9.97 Å². The molecule has 7 N–H and O–H groups in total. The number of fused-ring (bicyclic) bond motifs is 1. The summed E-state index contributed by atoms with van der Waals surface area (Å²) in [5.41, 5.74) is -0.399. The van der Waals surface area contributed by atoms with Crippen LogP contribution in [0, 0.1) is 0 Å². The highest BCUT2D eigenvalue weighted by Crippen LogP contribution is 2.59. The van der Waals surface area contributed by atoms with E-state index in [2.05, 4.69) is 18.9 Å². The Bertz CT molecular complexity index is 837. The molecule has 0 aromatic carbocycles. The summed E-state index contributed by atoms with van der Waals surface area (Å²) in [6.07, 6.45) is -4.57. The largest absolute Gasteiger partial charge is 0.502 e. The van der Waals surface area contributed by atoms with E-state index in [-0.39, 0.29) is 5.82 Å². The van der Waals surface area contributed by atoms with E-state index in [0.717, 1.165) is 11.2 Å². The Hall–Kier alpha value is -1.42. The lowest BCUT2D eigenvalue weighted by Gasteiger charge is -2.27. The molecule has 3 heterocycles. The molecule has 16 nitrogen and oxygen atoms in total. The lowest BCUT2D eigenvalue weighted by molar-refractivity contribution is -0.0229. The number of phosphoric acid groups is 2. The first-order valence-corrected chi connectivity index (χ1v) is 10.5. The molecule has 0 aliphatic carbocycles. The molecule has 158 valence electrons. The summed E-state index contributed by atoms with van der Waals surface area (Å²) in [7, 11) is -10.8. The zero-order valence-electron chi connectivity index (χ0n) is 13.7. The van der Waals surface area contributed by atoms with E-state index in [1.54, 1.807) is 0 Å². The third-order valence-corrected chi connectivity index (χ3v) is 5.90. The summed E-state index contributed by atoms with van der Waals surface area (Å²) < 4.78 is 36.3. The Morgan fingerprint density at radius 3 is 2.46 bits per heavy atom. The fraction of sp³-hybridized carbons (Fsp3) is 0.600. The van der Waals surface area contributed by atoms with Gasteiger partial charge in [-0.05, 0) is 0 Å². The molecule has 1 saturated heterocycles. The van der Waals surface area contributed by atoms with Crippen molar-refractivity contribution in [2.24, 2.45) is 0 Å². The molecule has 1 aromatic rings. The van der Waals surface area contributed by atoms with Gasteiger partial charge in [-0.2, -0.15) is 13.9 Å². The molecule has 1 unspecified atom stereocenters. The van der Waals surface area contributed by atoms with Crippen molar-refractivity contribution in [2.75, 3.05) is 23.2 Å². The number of hydrogen-bond acceptors (Lipinski definition) is 13. The van der Waals surface area contributed by atoms with Crippen LogP contribution in [-0.4, -0.2) is 82.9 Å². The monoisotopic (exact) mass is 446 g/mol. The Morgan fingerprint density at radius 1 is 1.21 bits per heavy atom. The van der Waals surface area contributed by atoms with Gasteiger partial charge in [0.1, 0.15) is 31.3 Å². The predicted molar refractivity (Wildman–Crippen MR) is 85.3 cm³/mol. The summed E-state index contributed by atoms with van der Waals surface area (Å²) in [5.74, 6) is -0.908. The molecular formula is C10H16N4O12P2. The molecule has 0 spiro atoms. The number of nitrogens with zero attached hydrogens (tertiary/aromatic N) is 4. The van der Waals surface area contributed by atoms with Crippen LogP contribution in [0.2, 0.25) is 0 Å². The first-order chi connectivity index (χ1) is 12.9. The lowest BCUT2D eigenvalue weighted by Crippen LogP contribution is -2.46. The molecule has 0 radical (unpaired) electrons. The lowest BCUT2D eigenvalue weighted by atomic mass is 10.1. The number of aromatic hydroxyl groups is 1. The number of hydroxylamine groups is 1. The Morgan fingerprint density at radius 2 is 1.89 bits per heavy atom. The van der Waals surface area contributed by atoms with Gasteiger partial charge in [-0.25, -0.2) is 19.2 Å². The van der Waals surface area contributed by atoms with Crippen molar-refractivity contribution in [3.8, 4) is 5.88 Å². The number of aliphatic hydroxyl groups is 3. The van der Waals surface area contributed by atoms with Gasteiger partial charge in [-0.3, -0.25) is 0 Å². The molecule has 2 aliphatic rings. The molecule has 0 amide bonds. The van der Waals surface area contributed by atoms with E-state index in [1.807, 2.05) is 0 Å². The molecule has 5 atom stereocenters. The summed E-state index contributed by atoms with van der Waals surface area (Å²) >= 11 is 0. The highest BCUT2D eigenvalue weighted by Gasteiger charge is 2.50. The third-order valence-electron chi connectivity index (χ3n) is 3.82. The third kappa shape index (κ3) is 4.12. The topological polar surface area (TPSA) is 236 Å². The van der Waals surface area contributed by atoms with Crippen LogP contribution < -0.4 is 9.96 Å². The van der Waals surface area contributed by atoms with Crippen molar-refractivity contribution in [3.63, 3.8) is 0 Å². The van der Waals surface area contributed by atoms with Crippen LogP contribution >= 0.6 is 15.6 Å². The zero-order chi connectivity index (χ0) is 20.9. The van der Waals surface area contributed by atoms with Crippen LogP contribution in [0.15, 0.2) is 6.33 Å². The van der Waals surface area contributed by atoms with Crippen LogP contribution in [-0.2, 0) is 22.8 Å². The maximum Gasteiger partial charge on any atom is 0.502 e. The normalized spacial score (nSPS) is 29.8. The van der Waals surface area contributed by atoms with Gasteiger partial charge in [0.15, 0.2) is 17.7 Å². The molecule has 1 aromatic heterocycles. The van der Waals surface area contributed by atoms with Crippen molar-refractivity contribution < 1.29 is 57.9 Å². The fourth-order valence-electron chi connectivity index (χ4n) is 2.75. The minimum Gasteiger partial charge on any atom is -0.492 e. The minimum absolute atomic E-state index is 0.168. The second-order valence-electron chi connectivity index (χ2n) is 5.71. The molecule has 28 heavy (non-hydrogen) atoms. The summed E-state index contributed by atoms with van der Waals surface area (Å²) in [4.78, 5) is 35.3. The van der Waals surface area contributed by atoms with Crippen molar-refractivity contribution >= 4 is 27.2 Å². The summed E-state index contributed by atoms with van der Waals surface area (Å²) in [5, 5.41) is 39.7. The fourth-order valence-corrected chi connectivity index (χ4v) is 4.33. The molecule has 0 bridgehead atoms. The van der Waals surface area contributed by atoms with Crippen LogP contribution in [0.1, 0.15) is 0 Å². The van der Waals surface area contributed by atoms with Crippen LogP contribution in [0.5, 0.6) is 5.88 Å². The molecule has 18 heteroatoms. The van der Waals surface area contributed by atoms with Crippen LogP contribution in [0.25, 0.3) is 0 Å². The van der Waals surface area contributed by atoms with E-state index in [4.69, 9.17) is 14.5 Å². The molecular weight excluding hydrogens is 430 g/mol. The Kier molecular flexibility index (Phi) is 5.66. The smallest absolute Gasteiger partial charge is 0.492 e. The first kappa shape index (κ1) is 21.3. The SMILES string of the molecule is O=P(O)(O)OP(=O)(O)ON1CN([C@@H]2O[C@H](CO)[C@@H](O)[C@H]2O)c2ncnc(O)c21. The quantitative estimate of drug-likeness (QED) is 0.221. The van der Waals surface area contributed by atoms with Crippen molar-refractivity contribution in [2.45, 2.75) is 24.5 Å². The van der Waals surface area contributed by atoms with Gasteiger partial charge in [0, 0.05) is 0 Å². The van der Waals surface area contributed by atoms with Gasteiger partial charge in [0.05, 0.1) is 6.61 Å². The second-order valence-corrected chi connectivity index (χ2v) is 8.45. The summed E-state index contributed by atoms with van der Waals surface area (Å²) in [6.45, 7) is -1.18. The highest BCUT2D eigenvalue weighted by atomic mass is 31.3. The number of anilines is 2. The van der Waals surface area contributed by atoms with Gasteiger partial charge >= 0.3 is 15.6 Å². The van der Waals surface area contributed by atoms with E-state index >= 15 is 0 Å². The number of hydrogen-bond donors (Lipinski definition) is 7. The van der Waals surface area contributed by atoms with E-state index in [9.17, 15) is 34.4 Å². The average molecular weight is 446 g/mol. The predicted octanol–water partition coefficient (Wildman–Crippen LogP) is -2.65. The maximum absolute atomic E-state index is 11.8. The number of rotatable bonds is 6. The van der Waals surface area contributed by atoms with Gasteiger partial charge < -0.3 is 44.7 Å². The molecule has 1 fully saturated rings. The van der Waals surface area contributed by atoms with Crippen LogP contribution in [0.4, 0.5) is 11.5 Å². The number of aliphatic hydroxyl groups excluding tert-OH is 3. The average Bonchev–Trinajstić information content (AvgIpc) is 3.04. The second kappa shape index (κ2) is 7.44. The molecule has 0 saturated carbocycles. The molecule has 3 rings (SSSR count). The minimum atomic E-state index is -5.40. The maximum atomic E-state index is 11.8. The van der Waals surface area contributed by atoms with Crippen molar-refractivity contribution in [1.29, 1.82) is 0 Å². The number of aromatic nitrogens is 2. The highest BCUT2D eigenvalue weighted by molar-refractivity contribution is 7.60. The Balaban J connectivity index is 1.90.